The minimum absolute atomic E-state index is 0.252. The number of hydrogen-bond acceptors (Lipinski definition) is 4. The van der Waals surface area contributed by atoms with Crippen LogP contribution in [-0.4, -0.2) is 42.2 Å². The molecule has 2 aliphatic rings. The van der Waals surface area contributed by atoms with Crippen LogP contribution in [0.5, 0.6) is 0 Å². The first-order chi connectivity index (χ1) is 14.7. The Morgan fingerprint density at radius 1 is 1.13 bits per heavy atom. The third-order valence-electron chi connectivity index (χ3n) is 6.59. The highest BCUT2D eigenvalue weighted by atomic mass is 16.5. The first-order valence-electron chi connectivity index (χ1n) is 12.0. The molecule has 0 radical (unpaired) electrons. The normalized spacial score (nSPS) is 26.7. The summed E-state index contributed by atoms with van der Waals surface area (Å²) in [6.45, 7) is 3.19. The third kappa shape index (κ3) is 8.73. The van der Waals surface area contributed by atoms with Gasteiger partial charge in [-0.25, -0.2) is 0 Å². The van der Waals surface area contributed by atoms with Crippen molar-refractivity contribution in [3.63, 3.8) is 0 Å². The molecule has 0 aliphatic carbocycles. The fourth-order valence-corrected chi connectivity index (χ4v) is 5.00. The zero-order chi connectivity index (χ0) is 21.6. The second-order valence-electron chi connectivity index (χ2n) is 8.83. The van der Waals surface area contributed by atoms with E-state index in [-0.39, 0.29) is 6.42 Å². The molecule has 0 aromatic heterocycles. The van der Waals surface area contributed by atoms with E-state index in [2.05, 4.69) is 24.4 Å². The lowest BCUT2D eigenvalue weighted by molar-refractivity contribution is -0.137. The maximum Gasteiger partial charge on any atom is 0.303 e. The molecule has 2 fully saturated rings. The summed E-state index contributed by atoms with van der Waals surface area (Å²) in [5.74, 6) is 0.578. The Bertz CT molecular complexity index is 559. The van der Waals surface area contributed by atoms with Gasteiger partial charge >= 0.3 is 5.97 Å². The van der Waals surface area contributed by atoms with Crippen LogP contribution >= 0.6 is 0 Å². The lowest BCUT2D eigenvalue weighted by Gasteiger charge is -2.27. The second-order valence-corrected chi connectivity index (χ2v) is 8.83. The summed E-state index contributed by atoms with van der Waals surface area (Å²) in [4.78, 5) is 21.2. The molecule has 0 amide bonds. The fraction of sp³-hybridized carbons (Fsp3) is 0.760. The van der Waals surface area contributed by atoms with Crippen molar-refractivity contribution < 1.29 is 19.4 Å². The quantitative estimate of drug-likeness (QED) is 0.149. The number of aldehydes is 1. The van der Waals surface area contributed by atoms with Gasteiger partial charge in [0.15, 0.2) is 0 Å². The number of hydrogen-bond donors (Lipinski definition) is 2. The summed E-state index contributed by atoms with van der Waals surface area (Å²) in [6, 6.07) is 0.306. The van der Waals surface area contributed by atoms with Crippen molar-refractivity contribution in [1.29, 1.82) is 0 Å². The molecule has 2 bridgehead atoms. The van der Waals surface area contributed by atoms with Crippen molar-refractivity contribution in [3.8, 4) is 0 Å². The second kappa shape index (κ2) is 14.5. The van der Waals surface area contributed by atoms with E-state index in [1.807, 2.05) is 6.08 Å². The molecule has 5 nitrogen and oxygen atoms in total. The van der Waals surface area contributed by atoms with Crippen molar-refractivity contribution in [2.24, 2.45) is 11.8 Å². The van der Waals surface area contributed by atoms with Gasteiger partial charge < -0.3 is 15.2 Å². The van der Waals surface area contributed by atoms with Gasteiger partial charge in [-0.15, -0.1) is 0 Å². The monoisotopic (exact) mass is 419 g/mol. The molecule has 30 heavy (non-hydrogen) atoms. The minimum Gasteiger partial charge on any atom is -0.481 e. The van der Waals surface area contributed by atoms with Crippen LogP contribution < -0.4 is 5.32 Å². The number of carbonyl (C=O) groups excluding carboxylic acids is 1. The third-order valence-corrected chi connectivity index (χ3v) is 6.59. The van der Waals surface area contributed by atoms with Gasteiger partial charge in [-0.3, -0.25) is 9.59 Å². The number of ether oxygens (including phenoxy) is 1. The van der Waals surface area contributed by atoms with Crippen molar-refractivity contribution in [2.45, 2.75) is 102 Å². The molecular weight excluding hydrogens is 378 g/mol. The topological polar surface area (TPSA) is 75.6 Å². The van der Waals surface area contributed by atoms with E-state index >= 15 is 0 Å². The smallest absolute Gasteiger partial charge is 0.303 e. The van der Waals surface area contributed by atoms with Gasteiger partial charge in [0.2, 0.25) is 0 Å². The van der Waals surface area contributed by atoms with Gasteiger partial charge in [0.1, 0.15) is 6.29 Å². The maximum absolute atomic E-state index is 10.6. The van der Waals surface area contributed by atoms with Crippen LogP contribution in [0.4, 0.5) is 0 Å². The molecule has 170 valence electrons. The van der Waals surface area contributed by atoms with E-state index in [0.29, 0.717) is 30.1 Å². The van der Waals surface area contributed by atoms with Crippen LogP contribution in [0, 0.1) is 11.8 Å². The van der Waals surface area contributed by atoms with Gasteiger partial charge in [-0.1, -0.05) is 44.4 Å². The Morgan fingerprint density at radius 2 is 1.93 bits per heavy atom. The summed E-state index contributed by atoms with van der Waals surface area (Å²) in [5.41, 5.74) is 0. The first kappa shape index (κ1) is 24.8. The Kier molecular flexibility index (Phi) is 12.0. The number of carboxylic acid groups (broad SMARTS) is 1. The van der Waals surface area contributed by atoms with E-state index in [4.69, 9.17) is 9.84 Å². The number of unbranched alkanes of at least 4 members (excludes halogenated alkanes) is 3. The van der Waals surface area contributed by atoms with E-state index in [1.165, 1.54) is 38.5 Å². The lowest BCUT2D eigenvalue weighted by atomic mass is 9.75. The van der Waals surface area contributed by atoms with Crippen LogP contribution in [0.25, 0.3) is 0 Å². The summed E-state index contributed by atoms with van der Waals surface area (Å²) in [5, 5.41) is 12.3. The van der Waals surface area contributed by atoms with Gasteiger partial charge in [0.05, 0.1) is 12.2 Å². The molecule has 2 N–H and O–H groups in total. The molecule has 2 saturated heterocycles. The highest BCUT2D eigenvalue weighted by Crippen LogP contribution is 2.47. The average Bonchev–Trinajstić information content (AvgIpc) is 3.33. The predicted molar refractivity (Wildman–Crippen MR) is 120 cm³/mol. The first-order valence-corrected chi connectivity index (χ1v) is 12.0. The Labute approximate surface area is 182 Å². The van der Waals surface area contributed by atoms with Crippen LogP contribution in [0.3, 0.4) is 0 Å². The number of rotatable bonds is 17. The van der Waals surface area contributed by atoms with Crippen molar-refractivity contribution >= 4 is 12.3 Å². The van der Waals surface area contributed by atoms with E-state index in [0.717, 1.165) is 44.9 Å². The molecule has 2 rings (SSSR count). The molecule has 2 heterocycles. The van der Waals surface area contributed by atoms with Gasteiger partial charge in [-0.05, 0) is 75.8 Å². The van der Waals surface area contributed by atoms with Crippen molar-refractivity contribution in [1.82, 2.24) is 5.32 Å². The van der Waals surface area contributed by atoms with E-state index in [9.17, 15) is 9.59 Å². The summed E-state index contributed by atoms with van der Waals surface area (Å²) >= 11 is 0. The van der Waals surface area contributed by atoms with Crippen LogP contribution in [0.15, 0.2) is 24.3 Å². The molecule has 1 unspecified atom stereocenters. The van der Waals surface area contributed by atoms with Gasteiger partial charge in [0, 0.05) is 12.5 Å². The van der Waals surface area contributed by atoms with Gasteiger partial charge in [0.25, 0.3) is 0 Å². The van der Waals surface area contributed by atoms with E-state index in [1.54, 1.807) is 6.08 Å². The summed E-state index contributed by atoms with van der Waals surface area (Å²) < 4.78 is 6.22. The average molecular weight is 420 g/mol. The molecule has 0 aromatic carbocycles. The number of carboxylic acids is 1. The zero-order valence-electron chi connectivity index (χ0n) is 18.6. The molecule has 0 spiro atoms. The van der Waals surface area contributed by atoms with Crippen LogP contribution in [-0.2, 0) is 14.3 Å². The standard InChI is InChI=1S/C25H41NO4/c1-2-3-11-20(12-10-19-27)26-18-9-8-14-22-21(23-16-17-24(22)30-23)13-6-4-5-7-15-25(28)29/h4,6,10,12,19-24,26H,2-3,5,7-9,11,13-18H2,1H3,(H,28,29)/b6-4-,12-10?/t20?,21-,22+,23-,24+/m0/s1. The SMILES string of the molecule is CCCCC(C=CC=O)NCCCC[C@@H]1[C@H](C/C=C\CCCC(=O)O)[C@@H]2CC[C@H]1O2. The largest absolute Gasteiger partial charge is 0.481 e. The molecule has 0 aromatic rings. The van der Waals surface area contributed by atoms with Crippen LogP contribution in [0.1, 0.15) is 84.0 Å². The van der Waals surface area contributed by atoms with Gasteiger partial charge in [-0.2, -0.15) is 0 Å². The molecule has 5 heteroatoms. The zero-order valence-corrected chi connectivity index (χ0v) is 18.6. The fourth-order valence-electron chi connectivity index (χ4n) is 5.00. The predicted octanol–water partition coefficient (Wildman–Crippen LogP) is 5.06. The highest BCUT2D eigenvalue weighted by molar-refractivity contribution is 5.66. The van der Waals surface area contributed by atoms with Crippen molar-refractivity contribution in [2.75, 3.05) is 6.54 Å². The number of aliphatic carboxylic acids is 1. The summed E-state index contributed by atoms with van der Waals surface area (Å²) in [7, 11) is 0. The lowest BCUT2D eigenvalue weighted by Crippen LogP contribution is -2.29. The Morgan fingerprint density at radius 3 is 2.67 bits per heavy atom. The Hall–Kier alpha value is -1.46. The van der Waals surface area contributed by atoms with Crippen molar-refractivity contribution in [3.05, 3.63) is 24.3 Å². The molecule has 2 aliphatic heterocycles. The Balaban J connectivity index is 1.67. The molecule has 5 atom stereocenters. The number of nitrogens with one attached hydrogen (secondary N) is 1. The maximum atomic E-state index is 10.6. The minimum atomic E-state index is -0.712. The number of carbonyl (C=O) groups is 2. The highest BCUT2D eigenvalue weighted by Gasteiger charge is 2.47. The summed E-state index contributed by atoms with van der Waals surface area (Å²) in [6.07, 6.45) is 22.1. The van der Waals surface area contributed by atoms with E-state index < -0.39 is 5.97 Å². The number of fused-ring (bicyclic) bond motifs is 2. The number of allylic oxidation sites excluding steroid dienone is 3. The van der Waals surface area contributed by atoms with Crippen LogP contribution in [0.2, 0.25) is 0 Å². The molecular formula is C25H41NO4. The molecule has 0 saturated carbocycles.